The molecule has 0 saturated heterocycles. The molecule has 3 aromatic rings. The standard InChI is InChI=1S/C21H21N3O3S/c1-16-5-2-3-7-18(16)15-28(26,27)20-10-8-19(9-11-20)24-21(25)23-14-17-6-4-12-22-13-17/h2-13H,14-15H2,1H3,(H2,23,24,25). The number of hydrogen-bond donors (Lipinski definition) is 2. The van der Waals surface area contributed by atoms with Gasteiger partial charge < -0.3 is 10.6 Å². The van der Waals surface area contributed by atoms with Gasteiger partial charge in [0.1, 0.15) is 0 Å². The average molecular weight is 395 g/mol. The van der Waals surface area contributed by atoms with Crippen LogP contribution in [0.2, 0.25) is 0 Å². The summed E-state index contributed by atoms with van der Waals surface area (Å²) in [7, 11) is -3.46. The molecule has 0 unspecified atom stereocenters. The Balaban J connectivity index is 1.61. The fourth-order valence-corrected chi connectivity index (χ4v) is 4.12. The number of nitrogens with one attached hydrogen (secondary N) is 2. The lowest BCUT2D eigenvalue weighted by atomic mass is 10.1. The van der Waals surface area contributed by atoms with Crippen molar-refractivity contribution < 1.29 is 13.2 Å². The second kappa shape index (κ2) is 8.67. The first-order chi connectivity index (χ1) is 13.4. The van der Waals surface area contributed by atoms with Crippen molar-refractivity contribution in [1.29, 1.82) is 0 Å². The van der Waals surface area contributed by atoms with Crippen molar-refractivity contribution in [1.82, 2.24) is 10.3 Å². The molecule has 1 aromatic heterocycles. The number of rotatable bonds is 6. The number of aromatic nitrogens is 1. The monoisotopic (exact) mass is 395 g/mol. The lowest BCUT2D eigenvalue weighted by molar-refractivity contribution is 0.251. The zero-order valence-electron chi connectivity index (χ0n) is 15.4. The van der Waals surface area contributed by atoms with Crippen LogP contribution in [0.4, 0.5) is 10.5 Å². The number of urea groups is 1. The molecule has 0 spiro atoms. The van der Waals surface area contributed by atoms with E-state index in [1.54, 1.807) is 30.6 Å². The van der Waals surface area contributed by atoms with Crippen molar-refractivity contribution in [3.05, 3.63) is 89.7 Å². The number of carbonyl (C=O) groups is 1. The van der Waals surface area contributed by atoms with Crippen molar-refractivity contribution in [3.63, 3.8) is 0 Å². The summed E-state index contributed by atoms with van der Waals surface area (Å²) in [6.07, 6.45) is 3.34. The van der Waals surface area contributed by atoms with Crippen LogP contribution >= 0.6 is 0 Å². The molecule has 2 amide bonds. The van der Waals surface area contributed by atoms with Gasteiger partial charge in [-0.1, -0.05) is 30.3 Å². The quantitative estimate of drug-likeness (QED) is 0.666. The van der Waals surface area contributed by atoms with E-state index < -0.39 is 9.84 Å². The van der Waals surface area contributed by atoms with Gasteiger partial charge in [0.05, 0.1) is 10.6 Å². The zero-order chi connectivity index (χ0) is 20.0. The number of benzene rings is 2. The Bertz CT molecular complexity index is 1050. The Kier molecular flexibility index (Phi) is 6.06. The van der Waals surface area contributed by atoms with E-state index in [0.717, 1.165) is 16.7 Å². The van der Waals surface area contributed by atoms with E-state index in [4.69, 9.17) is 0 Å². The summed E-state index contributed by atoms with van der Waals surface area (Å²) in [5, 5.41) is 5.41. The molecular weight excluding hydrogens is 374 g/mol. The van der Waals surface area contributed by atoms with Gasteiger partial charge in [0.15, 0.2) is 9.84 Å². The Hall–Kier alpha value is -3.19. The molecule has 144 valence electrons. The van der Waals surface area contributed by atoms with Crippen LogP contribution < -0.4 is 10.6 Å². The molecule has 1 heterocycles. The van der Waals surface area contributed by atoms with Gasteiger partial charge in [0.2, 0.25) is 0 Å². The van der Waals surface area contributed by atoms with Crippen LogP contribution in [-0.4, -0.2) is 19.4 Å². The number of aryl methyl sites for hydroxylation is 1. The molecule has 2 N–H and O–H groups in total. The van der Waals surface area contributed by atoms with Crippen LogP contribution in [-0.2, 0) is 22.1 Å². The van der Waals surface area contributed by atoms with Crippen LogP contribution in [0.1, 0.15) is 16.7 Å². The van der Waals surface area contributed by atoms with Gasteiger partial charge in [-0.15, -0.1) is 0 Å². The normalized spacial score (nSPS) is 11.0. The van der Waals surface area contributed by atoms with Crippen LogP contribution in [0, 0.1) is 6.92 Å². The molecule has 0 fully saturated rings. The Labute approximate surface area is 164 Å². The van der Waals surface area contributed by atoms with Crippen molar-refractivity contribution >= 4 is 21.6 Å². The average Bonchev–Trinajstić information content (AvgIpc) is 2.69. The van der Waals surface area contributed by atoms with Gasteiger partial charge >= 0.3 is 6.03 Å². The molecule has 7 heteroatoms. The first-order valence-electron chi connectivity index (χ1n) is 8.75. The van der Waals surface area contributed by atoms with E-state index in [2.05, 4.69) is 15.6 Å². The summed E-state index contributed by atoms with van der Waals surface area (Å²) in [5.74, 6) is -0.0575. The third-order valence-corrected chi connectivity index (χ3v) is 5.94. The van der Waals surface area contributed by atoms with E-state index in [1.807, 2.05) is 37.3 Å². The summed E-state index contributed by atoms with van der Waals surface area (Å²) >= 11 is 0. The summed E-state index contributed by atoms with van der Waals surface area (Å²) in [6.45, 7) is 2.24. The maximum Gasteiger partial charge on any atom is 0.319 e. The zero-order valence-corrected chi connectivity index (χ0v) is 16.2. The van der Waals surface area contributed by atoms with Crippen molar-refractivity contribution in [2.45, 2.75) is 24.1 Å². The molecule has 28 heavy (non-hydrogen) atoms. The molecule has 0 aliphatic rings. The second-order valence-corrected chi connectivity index (χ2v) is 8.37. The van der Waals surface area contributed by atoms with Gasteiger partial charge in [0.25, 0.3) is 0 Å². The Morgan fingerprint density at radius 1 is 1.00 bits per heavy atom. The predicted molar refractivity (Wildman–Crippen MR) is 109 cm³/mol. The van der Waals surface area contributed by atoms with Crippen molar-refractivity contribution in [3.8, 4) is 0 Å². The summed E-state index contributed by atoms with van der Waals surface area (Å²) in [6, 6.07) is 16.9. The van der Waals surface area contributed by atoms with Gasteiger partial charge in [-0.25, -0.2) is 13.2 Å². The highest BCUT2D eigenvalue weighted by molar-refractivity contribution is 7.90. The number of anilines is 1. The topological polar surface area (TPSA) is 88.2 Å². The smallest absolute Gasteiger partial charge is 0.319 e. The highest BCUT2D eigenvalue weighted by Crippen LogP contribution is 2.20. The van der Waals surface area contributed by atoms with Crippen LogP contribution in [0.15, 0.2) is 78.0 Å². The fourth-order valence-electron chi connectivity index (χ4n) is 2.67. The lowest BCUT2D eigenvalue weighted by Crippen LogP contribution is -2.28. The molecule has 0 bridgehead atoms. The van der Waals surface area contributed by atoms with E-state index in [0.29, 0.717) is 12.2 Å². The molecular formula is C21H21N3O3S. The number of sulfone groups is 1. The van der Waals surface area contributed by atoms with Gasteiger partial charge in [-0.3, -0.25) is 4.98 Å². The van der Waals surface area contributed by atoms with Gasteiger partial charge in [0, 0.05) is 24.6 Å². The largest absolute Gasteiger partial charge is 0.334 e. The minimum atomic E-state index is -3.46. The summed E-state index contributed by atoms with van der Waals surface area (Å²) in [4.78, 5) is 16.2. The Morgan fingerprint density at radius 2 is 1.75 bits per heavy atom. The number of carbonyl (C=O) groups excluding carboxylic acids is 1. The number of pyridine rings is 1. The minimum absolute atomic E-state index is 0.0575. The third kappa shape index (κ3) is 5.17. The van der Waals surface area contributed by atoms with Gasteiger partial charge in [-0.2, -0.15) is 0 Å². The first-order valence-corrected chi connectivity index (χ1v) is 10.4. The molecule has 3 rings (SSSR count). The van der Waals surface area contributed by atoms with Crippen molar-refractivity contribution in [2.75, 3.05) is 5.32 Å². The van der Waals surface area contributed by atoms with E-state index in [-0.39, 0.29) is 16.7 Å². The number of amides is 2. The summed E-state index contributed by atoms with van der Waals surface area (Å²) < 4.78 is 25.3. The fraction of sp³-hybridized carbons (Fsp3) is 0.143. The van der Waals surface area contributed by atoms with Crippen molar-refractivity contribution in [2.24, 2.45) is 0 Å². The number of hydrogen-bond acceptors (Lipinski definition) is 4. The predicted octanol–water partition coefficient (Wildman–Crippen LogP) is 3.69. The van der Waals surface area contributed by atoms with E-state index >= 15 is 0 Å². The van der Waals surface area contributed by atoms with Crippen LogP contribution in [0.3, 0.4) is 0 Å². The highest BCUT2D eigenvalue weighted by Gasteiger charge is 2.16. The van der Waals surface area contributed by atoms with E-state index in [1.165, 1.54) is 12.1 Å². The molecule has 2 aromatic carbocycles. The molecule has 6 nitrogen and oxygen atoms in total. The molecule has 0 aliphatic heterocycles. The highest BCUT2D eigenvalue weighted by atomic mass is 32.2. The first kappa shape index (κ1) is 19.6. The minimum Gasteiger partial charge on any atom is -0.334 e. The third-order valence-electron chi connectivity index (χ3n) is 4.25. The molecule has 0 radical (unpaired) electrons. The lowest BCUT2D eigenvalue weighted by Gasteiger charge is -2.10. The SMILES string of the molecule is Cc1ccccc1CS(=O)(=O)c1ccc(NC(=O)NCc2cccnc2)cc1. The molecule has 0 atom stereocenters. The summed E-state index contributed by atoms with van der Waals surface area (Å²) in [5.41, 5.74) is 3.11. The van der Waals surface area contributed by atoms with Crippen LogP contribution in [0.5, 0.6) is 0 Å². The van der Waals surface area contributed by atoms with E-state index in [9.17, 15) is 13.2 Å². The maximum atomic E-state index is 12.6. The van der Waals surface area contributed by atoms with Crippen LogP contribution in [0.25, 0.3) is 0 Å². The molecule has 0 saturated carbocycles. The molecule has 0 aliphatic carbocycles. The number of nitrogens with zero attached hydrogens (tertiary/aromatic N) is 1. The second-order valence-electron chi connectivity index (χ2n) is 6.38. The Morgan fingerprint density at radius 3 is 2.43 bits per heavy atom. The maximum absolute atomic E-state index is 12.6. The van der Waals surface area contributed by atoms with Gasteiger partial charge in [-0.05, 0) is 53.9 Å².